The van der Waals surface area contributed by atoms with Crippen molar-refractivity contribution in [1.29, 1.82) is 0 Å². The Labute approximate surface area is 114 Å². The van der Waals surface area contributed by atoms with E-state index in [-0.39, 0.29) is 0 Å². The van der Waals surface area contributed by atoms with E-state index in [1.54, 1.807) is 0 Å². The minimum atomic E-state index is 0.831. The first-order valence-electron chi connectivity index (χ1n) is 6.90. The summed E-state index contributed by atoms with van der Waals surface area (Å²) >= 11 is 2.03. The highest BCUT2D eigenvalue weighted by Gasteiger charge is 2.16. The molecular weight excluding hydrogens is 242 g/mol. The van der Waals surface area contributed by atoms with Crippen LogP contribution in [0.3, 0.4) is 0 Å². The van der Waals surface area contributed by atoms with Gasteiger partial charge >= 0.3 is 0 Å². The minimum absolute atomic E-state index is 0.831. The quantitative estimate of drug-likeness (QED) is 0.883. The summed E-state index contributed by atoms with van der Waals surface area (Å²) in [6.07, 6.45) is 6.52. The monoisotopic (exact) mass is 265 g/mol. The summed E-state index contributed by atoms with van der Waals surface area (Å²) in [6.45, 7) is 4.24. The molecule has 0 unspecified atom stereocenters. The summed E-state index contributed by atoms with van der Waals surface area (Å²) < 4.78 is 0. The van der Waals surface area contributed by atoms with Crippen molar-refractivity contribution in [2.24, 2.45) is 0 Å². The van der Waals surface area contributed by atoms with Crippen molar-refractivity contribution in [2.75, 3.05) is 12.4 Å². The Balaban J connectivity index is 2.05. The fraction of sp³-hybridized carbons (Fsp3) is 0.714. The molecule has 1 N–H and O–H groups in total. The molecule has 2 rings (SSSR count). The second kappa shape index (κ2) is 6.41. The third kappa shape index (κ3) is 3.16. The number of anilines is 1. The lowest BCUT2D eigenvalue weighted by atomic mass is 10.1. The highest BCUT2D eigenvalue weighted by Crippen LogP contribution is 2.31. The normalized spacial score (nSPS) is 16.2. The predicted octanol–water partition coefficient (Wildman–Crippen LogP) is 3.56. The molecule has 100 valence electrons. The zero-order valence-electron chi connectivity index (χ0n) is 11.6. The van der Waals surface area contributed by atoms with E-state index < -0.39 is 0 Å². The average Bonchev–Trinajstić information content (AvgIpc) is 2.88. The van der Waals surface area contributed by atoms with Gasteiger partial charge in [0.25, 0.3) is 0 Å². The van der Waals surface area contributed by atoms with Crippen LogP contribution >= 0.6 is 11.8 Å². The maximum Gasteiger partial charge on any atom is 0.140 e. The molecule has 0 atom stereocenters. The van der Waals surface area contributed by atoms with Gasteiger partial charge in [-0.15, -0.1) is 0 Å². The lowest BCUT2D eigenvalue weighted by molar-refractivity contribution is 0.886. The van der Waals surface area contributed by atoms with Crippen LogP contribution in [0.2, 0.25) is 0 Å². The molecule has 1 aromatic rings. The fourth-order valence-electron chi connectivity index (χ4n) is 2.60. The number of hydrogen-bond donors (Lipinski definition) is 1. The van der Waals surface area contributed by atoms with Crippen molar-refractivity contribution in [1.82, 2.24) is 9.97 Å². The molecule has 1 aromatic heterocycles. The second-order valence-electron chi connectivity index (χ2n) is 4.87. The Morgan fingerprint density at radius 3 is 2.61 bits per heavy atom. The van der Waals surface area contributed by atoms with E-state index in [1.165, 1.54) is 31.2 Å². The molecule has 0 amide bonds. The van der Waals surface area contributed by atoms with Crippen LogP contribution in [-0.2, 0) is 12.2 Å². The zero-order chi connectivity index (χ0) is 13.0. The van der Waals surface area contributed by atoms with Crippen LogP contribution in [0.25, 0.3) is 0 Å². The largest absolute Gasteiger partial charge is 0.373 e. The van der Waals surface area contributed by atoms with Gasteiger partial charge < -0.3 is 5.32 Å². The van der Waals surface area contributed by atoms with E-state index in [9.17, 15) is 0 Å². The number of aromatic nitrogens is 2. The number of nitrogens with zero attached hydrogens (tertiary/aromatic N) is 2. The number of nitrogens with one attached hydrogen (secondary N) is 1. The lowest BCUT2D eigenvalue weighted by Crippen LogP contribution is -2.07. The number of aryl methyl sites for hydroxylation is 1. The van der Waals surface area contributed by atoms with Crippen molar-refractivity contribution in [3.63, 3.8) is 0 Å². The van der Waals surface area contributed by atoms with Gasteiger partial charge in [-0.05, 0) is 26.2 Å². The first-order valence-corrected chi connectivity index (χ1v) is 7.95. The molecule has 0 aromatic carbocycles. The van der Waals surface area contributed by atoms with E-state index >= 15 is 0 Å². The highest BCUT2D eigenvalue weighted by atomic mass is 32.2. The van der Waals surface area contributed by atoms with Crippen molar-refractivity contribution in [3.8, 4) is 0 Å². The van der Waals surface area contributed by atoms with Gasteiger partial charge in [0.05, 0.1) is 5.75 Å². The Kier molecular flexibility index (Phi) is 4.87. The van der Waals surface area contributed by atoms with E-state index in [2.05, 4.69) is 29.1 Å². The van der Waals surface area contributed by atoms with Gasteiger partial charge in [-0.3, -0.25) is 0 Å². The zero-order valence-corrected chi connectivity index (χ0v) is 12.4. The van der Waals surface area contributed by atoms with Crippen molar-refractivity contribution in [3.05, 3.63) is 17.1 Å². The van der Waals surface area contributed by atoms with Crippen molar-refractivity contribution < 1.29 is 0 Å². The maximum atomic E-state index is 4.64. The highest BCUT2D eigenvalue weighted by molar-refractivity contribution is 7.99. The molecule has 0 aliphatic heterocycles. The Morgan fingerprint density at radius 1 is 1.28 bits per heavy atom. The summed E-state index contributed by atoms with van der Waals surface area (Å²) in [5.74, 6) is 2.93. The maximum absolute atomic E-state index is 4.64. The topological polar surface area (TPSA) is 37.8 Å². The van der Waals surface area contributed by atoms with Gasteiger partial charge in [-0.1, -0.05) is 19.8 Å². The van der Waals surface area contributed by atoms with Gasteiger partial charge in [-0.25, -0.2) is 9.97 Å². The molecule has 1 saturated carbocycles. The van der Waals surface area contributed by atoms with Gasteiger partial charge in [0.15, 0.2) is 0 Å². The van der Waals surface area contributed by atoms with Gasteiger partial charge in [0, 0.05) is 23.6 Å². The molecule has 3 nitrogen and oxygen atoms in total. The molecule has 1 fully saturated rings. The van der Waals surface area contributed by atoms with Gasteiger partial charge in [0.1, 0.15) is 11.6 Å². The van der Waals surface area contributed by atoms with Crippen LogP contribution in [0.1, 0.15) is 49.7 Å². The Hall–Kier alpha value is -0.770. The summed E-state index contributed by atoms with van der Waals surface area (Å²) in [4.78, 5) is 9.28. The summed E-state index contributed by atoms with van der Waals surface area (Å²) in [5, 5.41) is 4.03. The van der Waals surface area contributed by atoms with E-state index in [4.69, 9.17) is 0 Å². The molecule has 0 bridgehead atoms. The Bertz CT molecular complexity index is 400. The van der Waals surface area contributed by atoms with Crippen LogP contribution < -0.4 is 5.32 Å². The van der Waals surface area contributed by atoms with Crippen molar-refractivity contribution >= 4 is 17.6 Å². The van der Waals surface area contributed by atoms with Crippen LogP contribution in [0, 0.1) is 6.92 Å². The SMILES string of the molecule is CCc1c(C)nc(CSC2CCCC2)nc1NC. The third-order valence-corrected chi connectivity index (χ3v) is 4.97. The van der Waals surface area contributed by atoms with E-state index in [1.807, 2.05) is 18.8 Å². The standard InChI is InChI=1S/C14H23N3S/c1-4-12-10(2)16-13(17-14(12)15-3)9-18-11-7-5-6-8-11/h11H,4-9H2,1-3H3,(H,15,16,17). The van der Waals surface area contributed by atoms with Crippen LogP contribution in [0.15, 0.2) is 0 Å². The molecule has 18 heavy (non-hydrogen) atoms. The van der Waals surface area contributed by atoms with E-state index in [0.29, 0.717) is 0 Å². The molecule has 0 radical (unpaired) electrons. The second-order valence-corrected chi connectivity index (χ2v) is 6.16. The molecule has 0 saturated heterocycles. The van der Waals surface area contributed by atoms with Gasteiger partial charge in [0.2, 0.25) is 0 Å². The molecule has 4 heteroatoms. The molecule has 1 aliphatic rings. The summed E-state index contributed by atoms with van der Waals surface area (Å²) in [7, 11) is 1.94. The number of hydrogen-bond acceptors (Lipinski definition) is 4. The molecule has 1 heterocycles. The predicted molar refractivity (Wildman–Crippen MR) is 79.2 cm³/mol. The summed E-state index contributed by atoms with van der Waals surface area (Å²) in [5.41, 5.74) is 2.37. The van der Waals surface area contributed by atoms with Crippen LogP contribution in [0.5, 0.6) is 0 Å². The van der Waals surface area contributed by atoms with Crippen LogP contribution in [-0.4, -0.2) is 22.3 Å². The first kappa shape index (κ1) is 13.7. The van der Waals surface area contributed by atoms with Gasteiger partial charge in [-0.2, -0.15) is 11.8 Å². The number of thioether (sulfide) groups is 1. The smallest absolute Gasteiger partial charge is 0.140 e. The molecule has 0 spiro atoms. The summed E-state index contributed by atoms with van der Waals surface area (Å²) in [6, 6.07) is 0. The Morgan fingerprint density at radius 2 is 2.00 bits per heavy atom. The third-order valence-electron chi connectivity index (χ3n) is 3.60. The average molecular weight is 265 g/mol. The van der Waals surface area contributed by atoms with Crippen molar-refractivity contribution in [2.45, 2.75) is 57.0 Å². The number of rotatable bonds is 5. The van der Waals surface area contributed by atoms with Crippen LogP contribution in [0.4, 0.5) is 5.82 Å². The van der Waals surface area contributed by atoms with E-state index in [0.717, 1.165) is 34.8 Å². The fourth-order valence-corrected chi connectivity index (χ4v) is 3.78. The molecule has 1 aliphatic carbocycles. The molecular formula is C14H23N3S. The first-order chi connectivity index (χ1) is 8.74. The minimum Gasteiger partial charge on any atom is -0.373 e. The lowest BCUT2D eigenvalue weighted by Gasteiger charge is -2.13.